The van der Waals surface area contributed by atoms with Crippen LogP contribution >= 0.6 is 0 Å². The number of hydrogen-bond donors (Lipinski definition) is 0. The molecule has 0 fully saturated rings. The number of rotatable bonds is 31. The molecule has 0 radical (unpaired) electrons. The standard InChI is InChI=1S/C63H74F6O2/c1-4-7-15-23-46-25-29-48(30-26-46)50-33-35-52(56(64)43-50)54-37-39-58(62(68)60(54)66)70-41-19-13-9-11-17-21-45(6-3)22-18-12-10-14-20-42-71-59-40-38-55(61(67)63(59)69)53-36-34-51(44-57(53)65)49-31-27-47(28-32-49)24-16-8-5-2/h25-40,43-45H,4-24,41-42H2,1-3H3. The van der Waals surface area contributed by atoms with Crippen LogP contribution in [0.4, 0.5) is 26.3 Å². The van der Waals surface area contributed by atoms with E-state index in [2.05, 4.69) is 45.0 Å². The highest BCUT2D eigenvalue weighted by Crippen LogP contribution is 2.36. The fourth-order valence-electron chi connectivity index (χ4n) is 9.46. The van der Waals surface area contributed by atoms with Crippen molar-refractivity contribution in [2.45, 2.75) is 156 Å². The second-order valence-electron chi connectivity index (χ2n) is 19.3. The van der Waals surface area contributed by atoms with E-state index in [-0.39, 0.29) is 47.0 Å². The van der Waals surface area contributed by atoms with Gasteiger partial charge in [-0.25, -0.2) is 17.6 Å². The van der Waals surface area contributed by atoms with Gasteiger partial charge < -0.3 is 9.47 Å². The summed E-state index contributed by atoms with van der Waals surface area (Å²) in [5, 5.41) is 0. The average Bonchev–Trinajstić information content (AvgIpc) is 3.38. The number of hydrogen-bond acceptors (Lipinski definition) is 2. The molecule has 8 heteroatoms. The van der Waals surface area contributed by atoms with Gasteiger partial charge in [-0.05, 0) is 114 Å². The fraction of sp³-hybridized carbons (Fsp3) is 0.429. The Morgan fingerprint density at radius 2 is 0.718 bits per heavy atom. The Bertz CT molecular complexity index is 2360. The highest BCUT2D eigenvalue weighted by atomic mass is 19.2. The van der Waals surface area contributed by atoms with Crippen LogP contribution in [0.3, 0.4) is 0 Å². The molecule has 0 saturated heterocycles. The van der Waals surface area contributed by atoms with Gasteiger partial charge in [-0.15, -0.1) is 0 Å². The molecular formula is C63H74F6O2. The minimum Gasteiger partial charge on any atom is -0.490 e. The number of aryl methyl sites for hydroxylation is 2. The van der Waals surface area contributed by atoms with Gasteiger partial charge in [-0.1, -0.05) is 190 Å². The van der Waals surface area contributed by atoms with Gasteiger partial charge in [0.05, 0.1) is 13.2 Å². The summed E-state index contributed by atoms with van der Waals surface area (Å²) < 4.78 is 102. The molecule has 71 heavy (non-hydrogen) atoms. The second-order valence-corrected chi connectivity index (χ2v) is 19.3. The summed E-state index contributed by atoms with van der Waals surface area (Å²) in [6.45, 7) is 7.14. The molecular weight excluding hydrogens is 903 g/mol. The smallest absolute Gasteiger partial charge is 0.201 e. The second kappa shape index (κ2) is 29.1. The highest BCUT2D eigenvalue weighted by molar-refractivity contribution is 5.73. The Hall–Kier alpha value is -5.50. The maximum atomic E-state index is 15.3. The quantitative estimate of drug-likeness (QED) is 0.0319. The van der Waals surface area contributed by atoms with E-state index in [4.69, 9.17) is 9.47 Å². The number of halogens is 6. The van der Waals surface area contributed by atoms with Crippen molar-refractivity contribution in [3.63, 3.8) is 0 Å². The van der Waals surface area contributed by atoms with E-state index < -0.39 is 34.9 Å². The Labute approximate surface area is 420 Å². The lowest BCUT2D eigenvalue weighted by Gasteiger charge is -2.15. The minimum atomic E-state index is -1.12. The molecule has 0 aliphatic heterocycles. The highest BCUT2D eigenvalue weighted by Gasteiger charge is 2.21. The van der Waals surface area contributed by atoms with Crippen LogP contribution in [-0.2, 0) is 12.8 Å². The number of ether oxygens (including phenoxy) is 2. The molecule has 0 aliphatic rings. The summed E-state index contributed by atoms with van der Waals surface area (Å²) in [7, 11) is 0. The predicted molar refractivity (Wildman–Crippen MR) is 281 cm³/mol. The zero-order valence-electron chi connectivity index (χ0n) is 42.3. The lowest BCUT2D eigenvalue weighted by atomic mass is 9.92. The zero-order valence-corrected chi connectivity index (χ0v) is 42.3. The van der Waals surface area contributed by atoms with Crippen molar-refractivity contribution in [2.24, 2.45) is 5.92 Å². The van der Waals surface area contributed by atoms with Gasteiger partial charge in [0.1, 0.15) is 11.6 Å². The molecule has 0 N–H and O–H groups in total. The van der Waals surface area contributed by atoms with E-state index in [1.54, 1.807) is 12.1 Å². The van der Waals surface area contributed by atoms with E-state index in [1.807, 2.05) is 24.3 Å². The van der Waals surface area contributed by atoms with Gasteiger partial charge in [0.25, 0.3) is 0 Å². The van der Waals surface area contributed by atoms with Crippen LogP contribution in [0.2, 0.25) is 0 Å². The Morgan fingerprint density at radius 1 is 0.352 bits per heavy atom. The molecule has 0 aromatic heterocycles. The van der Waals surface area contributed by atoms with E-state index in [9.17, 15) is 0 Å². The van der Waals surface area contributed by atoms with E-state index >= 15 is 26.3 Å². The molecule has 0 atom stereocenters. The van der Waals surface area contributed by atoms with Crippen LogP contribution in [0.15, 0.2) is 109 Å². The topological polar surface area (TPSA) is 18.5 Å². The van der Waals surface area contributed by atoms with Crippen LogP contribution in [0.25, 0.3) is 44.5 Å². The molecule has 2 nitrogen and oxygen atoms in total. The van der Waals surface area contributed by atoms with Crippen molar-refractivity contribution in [3.8, 4) is 56.0 Å². The first-order valence-electron chi connectivity index (χ1n) is 26.6. The Morgan fingerprint density at radius 3 is 1.10 bits per heavy atom. The minimum absolute atomic E-state index is 0.00375. The summed E-state index contributed by atoms with van der Waals surface area (Å²) in [6.07, 6.45) is 22.4. The molecule has 0 unspecified atom stereocenters. The van der Waals surface area contributed by atoms with Crippen molar-refractivity contribution in [1.29, 1.82) is 0 Å². The van der Waals surface area contributed by atoms with Crippen molar-refractivity contribution in [1.82, 2.24) is 0 Å². The van der Waals surface area contributed by atoms with Gasteiger partial charge in [0, 0.05) is 22.3 Å². The summed E-state index contributed by atoms with van der Waals surface area (Å²) in [6, 6.07) is 30.9. The molecule has 0 bridgehead atoms. The third-order valence-electron chi connectivity index (χ3n) is 13.9. The van der Waals surface area contributed by atoms with Gasteiger partial charge in [-0.3, -0.25) is 0 Å². The Balaban J connectivity index is 0.812. The van der Waals surface area contributed by atoms with Crippen LogP contribution in [0.1, 0.15) is 154 Å². The van der Waals surface area contributed by atoms with Gasteiger partial charge in [0.15, 0.2) is 23.1 Å². The normalized spacial score (nSPS) is 11.5. The molecule has 0 aliphatic carbocycles. The monoisotopic (exact) mass is 977 g/mol. The van der Waals surface area contributed by atoms with Crippen LogP contribution in [0.5, 0.6) is 11.5 Å². The maximum absolute atomic E-state index is 15.3. The van der Waals surface area contributed by atoms with Crippen molar-refractivity contribution >= 4 is 0 Å². The Kier molecular flexibility index (Phi) is 22.5. The van der Waals surface area contributed by atoms with Gasteiger partial charge >= 0.3 is 0 Å². The molecule has 6 rings (SSSR count). The summed E-state index contributed by atoms with van der Waals surface area (Å²) in [4.78, 5) is 0. The largest absolute Gasteiger partial charge is 0.490 e. The van der Waals surface area contributed by atoms with Crippen LogP contribution < -0.4 is 9.47 Å². The molecule has 380 valence electrons. The molecule has 0 heterocycles. The molecule has 0 saturated carbocycles. The van der Waals surface area contributed by atoms with Crippen LogP contribution in [0, 0.1) is 40.8 Å². The maximum Gasteiger partial charge on any atom is 0.201 e. The van der Waals surface area contributed by atoms with Crippen molar-refractivity contribution < 1.29 is 35.8 Å². The van der Waals surface area contributed by atoms with E-state index in [1.165, 1.54) is 85.3 Å². The van der Waals surface area contributed by atoms with E-state index in [0.717, 1.165) is 120 Å². The number of benzene rings is 6. The lowest BCUT2D eigenvalue weighted by molar-refractivity contribution is 0.284. The van der Waals surface area contributed by atoms with E-state index in [0.29, 0.717) is 17.0 Å². The third-order valence-corrected chi connectivity index (χ3v) is 13.9. The summed E-state index contributed by atoms with van der Waals surface area (Å²) in [5.74, 6) is -5.34. The summed E-state index contributed by atoms with van der Waals surface area (Å²) >= 11 is 0. The van der Waals surface area contributed by atoms with Crippen molar-refractivity contribution in [3.05, 3.63) is 155 Å². The number of unbranched alkanes of at least 4 members (excludes halogenated alkanes) is 12. The molecule has 0 amide bonds. The van der Waals surface area contributed by atoms with Gasteiger partial charge in [-0.2, -0.15) is 8.78 Å². The van der Waals surface area contributed by atoms with Crippen molar-refractivity contribution in [2.75, 3.05) is 13.2 Å². The molecule has 6 aromatic rings. The predicted octanol–water partition coefficient (Wildman–Crippen LogP) is 19.8. The van der Waals surface area contributed by atoms with Crippen LogP contribution in [-0.4, -0.2) is 13.2 Å². The average molecular weight is 977 g/mol. The first kappa shape index (κ1) is 54.8. The third kappa shape index (κ3) is 16.3. The fourth-order valence-corrected chi connectivity index (χ4v) is 9.46. The van der Waals surface area contributed by atoms with Gasteiger partial charge in [0.2, 0.25) is 11.6 Å². The SMILES string of the molecule is CCCCCc1ccc(-c2ccc(-c3ccc(OCCCCCCCC(CC)CCCCCCCOc4ccc(-c5ccc(-c6ccc(CCCCC)cc6)cc5F)c(F)c4F)c(F)c3F)c(F)c2)cc1. The molecule has 6 aromatic carbocycles. The first-order valence-corrected chi connectivity index (χ1v) is 26.6. The molecule has 0 spiro atoms. The lowest BCUT2D eigenvalue weighted by Crippen LogP contribution is -2.03. The summed E-state index contributed by atoms with van der Waals surface area (Å²) in [5.41, 5.74) is 5.31. The first-order chi connectivity index (χ1) is 34.6. The zero-order chi connectivity index (χ0) is 50.4.